The smallest absolute Gasteiger partial charge is 0.0590 e. The molecule has 1 aliphatic carbocycles. The average molecular weight is 227 g/mol. The van der Waals surface area contributed by atoms with Crippen LogP contribution < -0.4 is 5.32 Å². The van der Waals surface area contributed by atoms with E-state index in [1.165, 1.54) is 51.4 Å². The molecule has 0 aromatic rings. The fourth-order valence-corrected chi connectivity index (χ4v) is 2.55. The topological polar surface area (TPSA) is 21.3 Å². The maximum absolute atomic E-state index is 5.97. The van der Waals surface area contributed by atoms with Gasteiger partial charge in [0.25, 0.3) is 0 Å². The molecule has 0 aromatic heterocycles. The molecule has 1 aliphatic rings. The van der Waals surface area contributed by atoms with Gasteiger partial charge >= 0.3 is 0 Å². The second-order valence-corrected chi connectivity index (χ2v) is 4.97. The molecular weight excluding hydrogens is 198 g/mol. The summed E-state index contributed by atoms with van der Waals surface area (Å²) in [5, 5.41) is 3.55. The van der Waals surface area contributed by atoms with Crippen molar-refractivity contribution in [3.8, 4) is 0 Å². The molecule has 1 saturated carbocycles. The average Bonchev–Trinajstić information content (AvgIpc) is 2.30. The van der Waals surface area contributed by atoms with Gasteiger partial charge in [0.05, 0.1) is 6.10 Å². The highest BCUT2D eigenvalue weighted by atomic mass is 16.5. The SMILES string of the molecule is CCCCCCOC1CCCC(NCC)C1. The lowest BCUT2D eigenvalue weighted by atomic mass is 9.93. The molecule has 0 saturated heterocycles. The van der Waals surface area contributed by atoms with Gasteiger partial charge in [-0.3, -0.25) is 0 Å². The fourth-order valence-electron chi connectivity index (χ4n) is 2.55. The quantitative estimate of drug-likeness (QED) is 0.641. The zero-order valence-corrected chi connectivity index (χ0v) is 11.1. The summed E-state index contributed by atoms with van der Waals surface area (Å²) in [7, 11) is 0. The molecule has 16 heavy (non-hydrogen) atoms. The van der Waals surface area contributed by atoms with Gasteiger partial charge in [-0.2, -0.15) is 0 Å². The van der Waals surface area contributed by atoms with Crippen LogP contribution in [0.15, 0.2) is 0 Å². The number of hydrogen-bond acceptors (Lipinski definition) is 2. The van der Waals surface area contributed by atoms with Gasteiger partial charge in [-0.05, 0) is 38.6 Å². The van der Waals surface area contributed by atoms with Crippen molar-refractivity contribution in [1.29, 1.82) is 0 Å². The molecule has 0 radical (unpaired) electrons. The summed E-state index contributed by atoms with van der Waals surface area (Å²) >= 11 is 0. The van der Waals surface area contributed by atoms with Crippen LogP contribution in [0.5, 0.6) is 0 Å². The van der Waals surface area contributed by atoms with E-state index in [1.807, 2.05) is 0 Å². The number of rotatable bonds is 8. The van der Waals surface area contributed by atoms with E-state index in [2.05, 4.69) is 19.2 Å². The molecule has 2 nitrogen and oxygen atoms in total. The van der Waals surface area contributed by atoms with Crippen LogP contribution in [-0.4, -0.2) is 25.3 Å². The van der Waals surface area contributed by atoms with Crippen LogP contribution in [0.3, 0.4) is 0 Å². The Morgan fingerprint density at radius 3 is 2.75 bits per heavy atom. The van der Waals surface area contributed by atoms with Crippen molar-refractivity contribution in [2.24, 2.45) is 0 Å². The van der Waals surface area contributed by atoms with Gasteiger partial charge in [0, 0.05) is 12.6 Å². The Morgan fingerprint density at radius 1 is 1.12 bits per heavy atom. The number of ether oxygens (including phenoxy) is 1. The molecule has 2 atom stereocenters. The highest BCUT2D eigenvalue weighted by molar-refractivity contribution is 4.77. The third-order valence-electron chi connectivity index (χ3n) is 3.47. The fraction of sp³-hybridized carbons (Fsp3) is 1.00. The van der Waals surface area contributed by atoms with E-state index in [0.717, 1.165) is 13.2 Å². The van der Waals surface area contributed by atoms with Crippen molar-refractivity contribution in [2.45, 2.75) is 77.4 Å². The molecule has 2 unspecified atom stereocenters. The Balaban J connectivity index is 2.02. The van der Waals surface area contributed by atoms with E-state index in [0.29, 0.717) is 12.1 Å². The lowest BCUT2D eigenvalue weighted by Gasteiger charge is -2.29. The second-order valence-electron chi connectivity index (χ2n) is 4.97. The minimum absolute atomic E-state index is 0.527. The molecule has 1 fully saturated rings. The first-order valence-corrected chi connectivity index (χ1v) is 7.21. The number of unbranched alkanes of at least 4 members (excludes halogenated alkanes) is 3. The molecule has 2 heteroatoms. The van der Waals surface area contributed by atoms with Gasteiger partial charge < -0.3 is 10.1 Å². The summed E-state index contributed by atoms with van der Waals surface area (Å²) in [5.41, 5.74) is 0. The number of hydrogen-bond donors (Lipinski definition) is 1. The molecule has 0 aromatic carbocycles. The van der Waals surface area contributed by atoms with Gasteiger partial charge in [0.15, 0.2) is 0 Å². The standard InChI is InChI=1S/C14H29NO/c1-3-5-6-7-11-16-14-10-8-9-13(12-14)15-4-2/h13-15H,3-12H2,1-2H3. The van der Waals surface area contributed by atoms with Gasteiger partial charge in [0.1, 0.15) is 0 Å². The predicted molar refractivity (Wildman–Crippen MR) is 69.8 cm³/mol. The Labute approximate surface area is 101 Å². The second kappa shape index (κ2) is 9.00. The molecular formula is C14H29NO. The minimum atomic E-state index is 0.527. The van der Waals surface area contributed by atoms with Crippen molar-refractivity contribution in [3.05, 3.63) is 0 Å². The van der Waals surface area contributed by atoms with Gasteiger partial charge in [-0.25, -0.2) is 0 Å². The zero-order valence-electron chi connectivity index (χ0n) is 11.1. The van der Waals surface area contributed by atoms with Crippen molar-refractivity contribution in [3.63, 3.8) is 0 Å². The van der Waals surface area contributed by atoms with Crippen LogP contribution in [0, 0.1) is 0 Å². The van der Waals surface area contributed by atoms with Gasteiger partial charge in [-0.1, -0.05) is 33.1 Å². The molecule has 0 spiro atoms. The minimum Gasteiger partial charge on any atom is -0.378 e. The highest BCUT2D eigenvalue weighted by Gasteiger charge is 2.21. The molecule has 96 valence electrons. The summed E-state index contributed by atoms with van der Waals surface area (Å²) in [6.07, 6.45) is 10.9. The highest BCUT2D eigenvalue weighted by Crippen LogP contribution is 2.21. The third-order valence-corrected chi connectivity index (χ3v) is 3.47. The lowest BCUT2D eigenvalue weighted by molar-refractivity contribution is 0.0178. The predicted octanol–water partition coefficient (Wildman–Crippen LogP) is 3.50. The molecule has 0 amide bonds. The Bertz CT molecular complexity index is 159. The van der Waals surface area contributed by atoms with E-state index >= 15 is 0 Å². The van der Waals surface area contributed by atoms with E-state index in [9.17, 15) is 0 Å². The maximum Gasteiger partial charge on any atom is 0.0590 e. The summed E-state index contributed by atoms with van der Waals surface area (Å²) in [4.78, 5) is 0. The monoisotopic (exact) mass is 227 g/mol. The lowest BCUT2D eigenvalue weighted by Crippen LogP contribution is -2.36. The van der Waals surface area contributed by atoms with Crippen LogP contribution >= 0.6 is 0 Å². The van der Waals surface area contributed by atoms with Crippen molar-refractivity contribution in [2.75, 3.05) is 13.2 Å². The van der Waals surface area contributed by atoms with Crippen LogP contribution in [0.4, 0.5) is 0 Å². The van der Waals surface area contributed by atoms with E-state index < -0.39 is 0 Å². The first-order valence-electron chi connectivity index (χ1n) is 7.21. The summed E-state index contributed by atoms with van der Waals surface area (Å²) in [6.45, 7) is 6.51. The maximum atomic E-state index is 5.97. The van der Waals surface area contributed by atoms with Crippen LogP contribution in [-0.2, 0) is 4.74 Å². The van der Waals surface area contributed by atoms with Gasteiger partial charge in [0.2, 0.25) is 0 Å². The van der Waals surface area contributed by atoms with E-state index in [4.69, 9.17) is 4.74 Å². The molecule has 1 N–H and O–H groups in total. The van der Waals surface area contributed by atoms with Crippen LogP contribution in [0.2, 0.25) is 0 Å². The Hall–Kier alpha value is -0.0800. The van der Waals surface area contributed by atoms with Gasteiger partial charge in [-0.15, -0.1) is 0 Å². The Morgan fingerprint density at radius 2 is 2.00 bits per heavy atom. The van der Waals surface area contributed by atoms with E-state index in [-0.39, 0.29) is 0 Å². The van der Waals surface area contributed by atoms with Crippen molar-refractivity contribution in [1.82, 2.24) is 5.32 Å². The molecule has 0 bridgehead atoms. The van der Waals surface area contributed by atoms with Crippen molar-refractivity contribution >= 4 is 0 Å². The normalized spacial score (nSPS) is 25.9. The van der Waals surface area contributed by atoms with E-state index in [1.54, 1.807) is 0 Å². The first kappa shape index (κ1) is 14.0. The number of nitrogens with one attached hydrogen (secondary N) is 1. The van der Waals surface area contributed by atoms with Crippen molar-refractivity contribution < 1.29 is 4.74 Å². The third kappa shape index (κ3) is 5.86. The van der Waals surface area contributed by atoms with Crippen LogP contribution in [0.25, 0.3) is 0 Å². The largest absolute Gasteiger partial charge is 0.378 e. The molecule has 1 rings (SSSR count). The van der Waals surface area contributed by atoms with Crippen LogP contribution in [0.1, 0.15) is 65.2 Å². The molecule has 0 aliphatic heterocycles. The summed E-state index contributed by atoms with van der Waals surface area (Å²) in [5.74, 6) is 0. The Kier molecular flexibility index (Phi) is 7.87. The zero-order chi connectivity index (χ0) is 11.6. The summed E-state index contributed by atoms with van der Waals surface area (Å²) in [6, 6.07) is 0.708. The summed E-state index contributed by atoms with van der Waals surface area (Å²) < 4.78 is 5.97. The molecule has 0 heterocycles. The first-order chi connectivity index (χ1) is 7.86.